The first-order valence-electron chi connectivity index (χ1n) is 16.0. The lowest BCUT2D eigenvalue weighted by Crippen LogP contribution is -2.41. The predicted molar refractivity (Wildman–Crippen MR) is 189 cm³/mol. The molecular formula is C37H48ClNO6S. The molecule has 1 aromatic carbocycles. The highest BCUT2D eigenvalue weighted by molar-refractivity contribution is 7.81. The Morgan fingerprint density at radius 2 is 1.59 bits per heavy atom. The highest BCUT2D eigenvalue weighted by atomic mass is 35.5. The molecule has 0 spiro atoms. The van der Waals surface area contributed by atoms with E-state index in [-0.39, 0.29) is 24.3 Å². The maximum atomic E-state index is 12.5. The van der Waals surface area contributed by atoms with Gasteiger partial charge in [0.25, 0.3) is 6.47 Å². The van der Waals surface area contributed by atoms with Crippen LogP contribution in [0, 0.1) is 0 Å². The van der Waals surface area contributed by atoms with Gasteiger partial charge in [-0.05, 0) is 68.6 Å². The number of halogens is 1. The fraction of sp³-hybridized carbons (Fsp3) is 0.432. The summed E-state index contributed by atoms with van der Waals surface area (Å²) in [4.78, 5) is 37.5. The number of ether oxygens (including phenoxy) is 3. The molecule has 0 radical (unpaired) electrons. The molecule has 46 heavy (non-hydrogen) atoms. The molecule has 1 unspecified atom stereocenters. The molecule has 1 aliphatic heterocycles. The van der Waals surface area contributed by atoms with Gasteiger partial charge >= 0.3 is 11.9 Å². The van der Waals surface area contributed by atoms with E-state index < -0.39 is 18.7 Å². The van der Waals surface area contributed by atoms with Crippen molar-refractivity contribution in [2.24, 2.45) is 0 Å². The number of thiol groups is 1. The molecule has 1 saturated heterocycles. The Bertz CT molecular complexity index is 1240. The van der Waals surface area contributed by atoms with Crippen LogP contribution in [-0.2, 0) is 28.6 Å². The van der Waals surface area contributed by atoms with Crippen LogP contribution in [0.1, 0.15) is 76.3 Å². The van der Waals surface area contributed by atoms with Gasteiger partial charge in [0, 0.05) is 35.9 Å². The van der Waals surface area contributed by atoms with E-state index in [2.05, 4.69) is 85.2 Å². The van der Waals surface area contributed by atoms with E-state index >= 15 is 0 Å². The summed E-state index contributed by atoms with van der Waals surface area (Å²) in [5.41, 5.74) is 1.59. The van der Waals surface area contributed by atoms with Crippen LogP contribution in [-0.4, -0.2) is 55.1 Å². The number of allylic oxidation sites excluding steroid dienone is 10. The first kappa shape index (κ1) is 38.9. The number of hydrogen-bond acceptors (Lipinski definition) is 8. The first-order chi connectivity index (χ1) is 22.5. The van der Waals surface area contributed by atoms with Crippen molar-refractivity contribution >= 4 is 42.6 Å². The third kappa shape index (κ3) is 16.8. The molecule has 0 amide bonds. The molecule has 0 aromatic heterocycles. The third-order valence-corrected chi connectivity index (χ3v) is 8.10. The number of carbonyl (C=O) groups is 3. The molecular weight excluding hydrogens is 622 g/mol. The zero-order chi connectivity index (χ0) is 33.2. The van der Waals surface area contributed by atoms with Gasteiger partial charge in [-0.1, -0.05) is 97.5 Å². The highest BCUT2D eigenvalue weighted by Gasteiger charge is 2.30. The second-order valence-corrected chi connectivity index (χ2v) is 11.7. The van der Waals surface area contributed by atoms with Gasteiger partial charge in [-0.2, -0.15) is 12.6 Å². The Morgan fingerprint density at radius 1 is 0.957 bits per heavy atom. The maximum Gasteiger partial charge on any atom is 0.333 e. The quantitative estimate of drug-likeness (QED) is 0.0268. The molecule has 1 aromatic rings. The number of rotatable bonds is 21. The van der Waals surface area contributed by atoms with Crippen LogP contribution in [0.25, 0.3) is 0 Å². The van der Waals surface area contributed by atoms with E-state index in [1.165, 1.54) is 6.08 Å². The zero-order valence-corrected chi connectivity index (χ0v) is 28.5. The largest absolute Gasteiger partial charge is 0.466 e. The van der Waals surface area contributed by atoms with E-state index in [0.29, 0.717) is 37.4 Å². The number of esters is 2. The third-order valence-electron chi connectivity index (χ3n) is 7.16. The molecule has 0 aliphatic carbocycles. The van der Waals surface area contributed by atoms with Crippen LogP contribution in [0.5, 0.6) is 0 Å². The summed E-state index contributed by atoms with van der Waals surface area (Å²) in [6.45, 7) is 3.32. The molecule has 1 aliphatic rings. The van der Waals surface area contributed by atoms with Crippen molar-refractivity contribution in [2.45, 2.75) is 76.0 Å². The normalized spacial score (nSPS) is 17.5. The van der Waals surface area contributed by atoms with E-state index in [9.17, 15) is 14.4 Å². The maximum absolute atomic E-state index is 12.5. The lowest BCUT2D eigenvalue weighted by molar-refractivity contribution is -0.164. The monoisotopic (exact) mass is 669 g/mol. The molecule has 9 heteroatoms. The molecule has 7 nitrogen and oxygen atoms in total. The summed E-state index contributed by atoms with van der Waals surface area (Å²) in [6, 6.07) is 7.11. The molecule has 0 bridgehead atoms. The van der Waals surface area contributed by atoms with Crippen molar-refractivity contribution in [3.63, 3.8) is 0 Å². The van der Waals surface area contributed by atoms with Gasteiger partial charge in [0.05, 0.1) is 6.04 Å². The van der Waals surface area contributed by atoms with Crippen molar-refractivity contribution in [3.05, 3.63) is 107 Å². The topological polar surface area (TPSA) is 82.1 Å². The van der Waals surface area contributed by atoms with Crippen LogP contribution in [0.15, 0.2) is 96.7 Å². The standard InChI is InChI=1S/C37H48ClNO6S/c1-2-3-4-5-6-7-8-9-10-11-12-13-14-15-16-17-18-23-36(41)44-30-45-37(42)26-31-27-39(25-24-35(31)46)34(28-43-29-40)32-21-19-20-22-33(32)38/h3-4,6-7,9-10,12-13,15-16,19-22,26,29,34-35,46H,2,5,8,11,14,17-18,23-25,27-28,30H2,1H3/t34-,35?/m1/s1. The number of unbranched alkanes of at least 4 members (excludes halogenated alkanes) is 1. The van der Waals surface area contributed by atoms with Crippen molar-refractivity contribution in [1.82, 2.24) is 4.90 Å². The smallest absolute Gasteiger partial charge is 0.333 e. The molecule has 1 fully saturated rings. The first-order valence-corrected chi connectivity index (χ1v) is 16.8. The number of likely N-dealkylation sites (tertiary alicyclic amines) is 1. The van der Waals surface area contributed by atoms with Crippen molar-refractivity contribution in [1.29, 1.82) is 0 Å². The van der Waals surface area contributed by atoms with Crippen molar-refractivity contribution in [2.75, 3.05) is 26.5 Å². The lowest BCUT2D eigenvalue weighted by atomic mass is 9.98. The molecule has 1 heterocycles. The Morgan fingerprint density at radius 3 is 2.22 bits per heavy atom. The van der Waals surface area contributed by atoms with Gasteiger partial charge in [0.2, 0.25) is 6.79 Å². The van der Waals surface area contributed by atoms with Crippen LogP contribution in [0.4, 0.5) is 0 Å². The van der Waals surface area contributed by atoms with Crippen LogP contribution in [0.3, 0.4) is 0 Å². The van der Waals surface area contributed by atoms with E-state index in [1.54, 1.807) is 6.07 Å². The fourth-order valence-electron chi connectivity index (χ4n) is 4.72. The summed E-state index contributed by atoms with van der Waals surface area (Å²) in [7, 11) is 0. The van der Waals surface area contributed by atoms with Crippen molar-refractivity contribution in [3.8, 4) is 0 Å². The van der Waals surface area contributed by atoms with E-state index in [1.807, 2.05) is 18.2 Å². The lowest BCUT2D eigenvalue weighted by Gasteiger charge is -2.37. The average Bonchev–Trinajstić information content (AvgIpc) is 3.04. The van der Waals surface area contributed by atoms with Gasteiger partial charge in [-0.3, -0.25) is 14.5 Å². The summed E-state index contributed by atoms with van der Waals surface area (Å²) < 4.78 is 15.3. The Hall–Kier alpha value is -3.33. The SMILES string of the molecule is CCC=CCC=CCC=CCC=CCC=CCCCC(=O)OCOC(=O)C=C1CN([C@H](COC=O)c2ccccc2Cl)CCC1S. The molecule has 0 N–H and O–H groups in total. The summed E-state index contributed by atoms with van der Waals surface area (Å²) in [5, 5.41) is 0.431. The van der Waals surface area contributed by atoms with Gasteiger partial charge in [0.15, 0.2) is 0 Å². The fourth-order valence-corrected chi connectivity index (χ4v) is 5.25. The van der Waals surface area contributed by atoms with Gasteiger partial charge in [-0.25, -0.2) is 4.79 Å². The second-order valence-electron chi connectivity index (χ2n) is 10.7. The van der Waals surface area contributed by atoms with Crippen molar-refractivity contribution < 1.29 is 28.6 Å². The zero-order valence-electron chi connectivity index (χ0n) is 26.8. The minimum atomic E-state index is -0.610. The molecule has 2 rings (SSSR count). The average molecular weight is 670 g/mol. The van der Waals surface area contributed by atoms with Crippen LogP contribution >= 0.6 is 24.2 Å². The Balaban J connectivity index is 1.64. The number of benzene rings is 1. The Kier molecular flexibility index (Phi) is 21.0. The summed E-state index contributed by atoms with van der Waals surface area (Å²) in [5.74, 6) is -1.03. The summed E-state index contributed by atoms with van der Waals surface area (Å²) >= 11 is 11.1. The van der Waals surface area contributed by atoms with E-state index in [4.69, 9.17) is 25.8 Å². The second kappa shape index (κ2) is 24.8. The molecule has 2 atom stereocenters. The van der Waals surface area contributed by atoms with E-state index in [0.717, 1.165) is 49.7 Å². The highest BCUT2D eigenvalue weighted by Crippen LogP contribution is 2.32. The Labute approximate surface area is 285 Å². The number of piperidine rings is 1. The summed E-state index contributed by atoms with van der Waals surface area (Å²) in [6.07, 6.45) is 30.0. The predicted octanol–water partition coefficient (Wildman–Crippen LogP) is 8.45. The number of hydrogen-bond donors (Lipinski definition) is 1. The number of carbonyl (C=O) groups excluding carboxylic acids is 3. The van der Waals surface area contributed by atoms with Crippen LogP contribution < -0.4 is 0 Å². The molecule has 0 saturated carbocycles. The van der Waals surface area contributed by atoms with Gasteiger partial charge in [-0.15, -0.1) is 0 Å². The minimum Gasteiger partial charge on any atom is -0.466 e. The minimum absolute atomic E-state index is 0.124. The van der Waals surface area contributed by atoms with Gasteiger partial charge in [0.1, 0.15) is 6.61 Å². The number of nitrogens with zero attached hydrogens (tertiary/aromatic N) is 1. The van der Waals surface area contributed by atoms with Gasteiger partial charge < -0.3 is 14.2 Å². The molecule has 250 valence electrons. The van der Waals surface area contributed by atoms with Crippen LogP contribution in [0.2, 0.25) is 5.02 Å².